The first-order valence-corrected chi connectivity index (χ1v) is 8.60. The van der Waals surface area contributed by atoms with Gasteiger partial charge in [-0.25, -0.2) is 4.98 Å². The van der Waals surface area contributed by atoms with Gasteiger partial charge in [-0.2, -0.15) is 5.10 Å². The van der Waals surface area contributed by atoms with Gasteiger partial charge in [-0.3, -0.25) is 9.89 Å². The molecule has 7 heteroatoms. The van der Waals surface area contributed by atoms with Gasteiger partial charge in [-0.1, -0.05) is 0 Å². The molecule has 1 fully saturated rings. The molecule has 0 saturated carbocycles. The Morgan fingerprint density at radius 2 is 2.20 bits per heavy atom. The SMILES string of the molecule is Cc1n[nH]c(C)c1C1COCCN1C(=O)c1ccc(NC(C)C)nc1. The summed E-state index contributed by atoms with van der Waals surface area (Å²) in [5.74, 6) is 0.739. The summed E-state index contributed by atoms with van der Waals surface area (Å²) in [5.41, 5.74) is 3.50. The number of hydrogen-bond donors (Lipinski definition) is 2. The first kappa shape index (κ1) is 17.4. The van der Waals surface area contributed by atoms with Gasteiger partial charge >= 0.3 is 0 Å². The molecule has 2 N–H and O–H groups in total. The predicted octanol–water partition coefficient (Wildman–Crippen LogP) is 2.46. The lowest BCUT2D eigenvalue weighted by Crippen LogP contribution is -2.43. The molecular weight excluding hydrogens is 318 g/mol. The molecule has 1 atom stereocenters. The average Bonchev–Trinajstić information content (AvgIpc) is 2.93. The van der Waals surface area contributed by atoms with Crippen molar-refractivity contribution in [3.8, 4) is 0 Å². The van der Waals surface area contributed by atoms with Gasteiger partial charge in [0.1, 0.15) is 5.82 Å². The number of hydrogen-bond acceptors (Lipinski definition) is 5. The van der Waals surface area contributed by atoms with Crippen LogP contribution in [0.2, 0.25) is 0 Å². The minimum absolute atomic E-state index is 0.0307. The second kappa shape index (κ2) is 7.23. The van der Waals surface area contributed by atoms with Crippen molar-refractivity contribution in [3.63, 3.8) is 0 Å². The zero-order valence-electron chi connectivity index (χ0n) is 15.2. The van der Waals surface area contributed by atoms with Crippen molar-refractivity contribution >= 4 is 11.7 Å². The maximum absolute atomic E-state index is 13.0. The number of carbonyl (C=O) groups excluding carboxylic acids is 1. The smallest absolute Gasteiger partial charge is 0.256 e. The van der Waals surface area contributed by atoms with Crippen molar-refractivity contribution in [2.45, 2.75) is 39.8 Å². The highest BCUT2D eigenvalue weighted by Crippen LogP contribution is 2.29. The monoisotopic (exact) mass is 343 g/mol. The van der Waals surface area contributed by atoms with Gasteiger partial charge < -0.3 is 15.0 Å². The molecule has 1 amide bonds. The molecule has 1 saturated heterocycles. The second-order valence-electron chi connectivity index (χ2n) is 6.67. The third-order valence-electron chi connectivity index (χ3n) is 4.35. The van der Waals surface area contributed by atoms with Crippen molar-refractivity contribution in [2.24, 2.45) is 0 Å². The summed E-state index contributed by atoms with van der Waals surface area (Å²) in [6.07, 6.45) is 1.63. The van der Waals surface area contributed by atoms with Crippen LogP contribution in [-0.2, 0) is 4.74 Å². The minimum Gasteiger partial charge on any atom is -0.377 e. The second-order valence-corrected chi connectivity index (χ2v) is 6.67. The molecule has 1 aliphatic heterocycles. The van der Waals surface area contributed by atoms with Crippen LogP contribution < -0.4 is 5.32 Å². The summed E-state index contributed by atoms with van der Waals surface area (Å²) in [7, 11) is 0. The molecule has 134 valence electrons. The Morgan fingerprint density at radius 3 is 2.80 bits per heavy atom. The molecular formula is C18H25N5O2. The van der Waals surface area contributed by atoms with Crippen LogP contribution in [0.3, 0.4) is 0 Å². The van der Waals surface area contributed by atoms with Crippen LogP contribution in [0, 0.1) is 13.8 Å². The highest BCUT2D eigenvalue weighted by molar-refractivity contribution is 5.94. The molecule has 3 rings (SSSR count). The fourth-order valence-electron chi connectivity index (χ4n) is 3.20. The Hall–Kier alpha value is -2.41. The Labute approximate surface area is 147 Å². The van der Waals surface area contributed by atoms with E-state index in [1.54, 1.807) is 6.20 Å². The normalized spacial score (nSPS) is 17.8. The number of morpholine rings is 1. The zero-order valence-corrected chi connectivity index (χ0v) is 15.2. The largest absolute Gasteiger partial charge is 0.377 e. The number of rotatable bonds is 4. The van der Waals surface area contributed by atoms with E-state index in [2.05, 4.69) is 34.3 Å². The number of nitrogens with one attached hydrogen (secondary N) is 2. The third kappa shape index (κ3) is 3.66. The van der Waals surface area contributed by atoms with Gasteiger partial charge in [0.2, 0.25) is 0 Å². The predicted molar refractivity (Wildman–Crippen MR) is 95.7 cm³/mol. The number of aromatic amines is 1. The number of ether oxygens (including phenoxy) is 1. The number of nitrogens with zero attached hydrogens (tertiary/aromatic N) is 3. The molecule has 2 aromatic rings. The van der Waals surface area contributed by atoms with Crippen LogP contribution in [0.25, 0.3) is 0 Å². The molecule has 1 aliphatic rings. The van der Waals surface area contributed by atoms with Gasteiger partial charge in [0.25, 0.3) is 5.91 Å². The van der Waals surface area contributed by atoms with E-state index >= 15 is 0 Å². The van der Waals surface area contributed by atoms with Crippen LogP contribution in [0.15, 0.2) is 18.3 Å². The third-order valence-corrected chi connectivity index (χ3v) is 4.35. The summed E-state index contributed by atoms with van der Waals surface area (Å²) in [4.78, 5) is 19.3. The number of amides is 1. The minimum atomic E-state index is -0.131. The number of aryl methyl sites for hydroxylation is 2. The van der Waals surface area contributed by atoms with Crippen LogP contribution in [0.5, 0.6) is 0 Å². The first-order valence-electron chi connectivity index (χ1n) is 8.60. The maximum atomic E-state index is 13.0. The first-order chi connectivity index (χ1) is 12.0. The Morgan fingerprint density at radius 1 is 1.40 bits per heavy atom. The van der Waals surface area contributed by atoms with Gasteiger partial charge in [0.15, 0.2) is 0 Å². The number of carbonyl (C=O) groups is 1. The molecule has 7 nitrogen and oxygen atoms in total. The zero-order chi connectivity index (χ0) is 18.0. The lowest BCUT2D eigenvalue weighted by Gasteiger charge is -2.36. The summed E-state index contributed by atoms with van der Waals surface area (Å²) >= 11 is 0. The van der Waals surface area contributed by atoms with E-state index in [-0.39, 0.29) is 11.9 Å². The van der Waals surface area contributed by atoms with Crippen LogP contribution >= 0.6 is 0 Å². The summed E-state index contributed by atoms with van der Waals surface area (Å²) < 4.78 is 5.63. The molecule has 0 radical (unpaired) electrons. The lowest BCUT2D eigenvalue weighted by atomic mass is 10.0. The van der Waals surface area contributed by atoms with E-state index in [4.69, 9.17) is 4.74 Å². The van der Waals surface area contributed by atoms with Crippen molar-refractivity contribution in [1.82, 2.24) is 20.1 Å². The topological polar surface area (TPSA) is 83.1 Å². The van der Waals surface area contributed by atoms with Crippen molar-refractivity contribution in [3.05, 3.63) is 40.8 Å². The quantitative estimate of drug-likeness (QED) is 0.891. The van der Waals surface area contributed by atoms with Crippen LogP contribution in [0.1, 0.15) is 47.2 Å². The van der Waals surface area contributed by atoms with Crippen molar-refractivity contribution in [1.29, 1.82) is 0 Å². The standard InChI is InChI=1S/C18H25N5O2/c1-11(2)20-16-6-5-14(9-19-16)18(24)23-7-8-25-10-15(23)17-12(3)21-22-13(17)4/h5-6,9,11,15H,7-8,10H2,1-4H3,(H,19,20)(H,21,22). The van der Waals surface area contributed by atoms with Gasteiger partial charge in [-0.15, -0.1) is 0 Å². The Balaban J connectivity index is 1.84. The highest BCUT2D eigenvalue weighted by atomic mass is 16.5. The van der Waals surface area contributed by atoms with E-state index in [0.717, 1.165) is 22.8 Å². The van der Waals surface area contributed by atoms with E-state index < -0.39 is 0 Å². The highest BCUT2D eigenvalue weighted by Gasteiger charge is 2.32. The van der Waals surface area contributed by atoms with Gasteiger partial charge in [0.05, 0.1) is 30.5 Å². The molecule has 0 aliphatic carbocycles. The number of pyridine rings is 1. The molecule has 0 spiro atoms. The molecule has 0 aromatic carbocycles. The summed E-state index contributed by atoms with van der Waals surface area (Å²) in [6.45, 7) is 9.60. The summed E-state index contributed by atoms with van der Waals surface area (Å²) in [6, 6.07) is 3.83. The molecule has 0 bridgehead atoms. The Bertz CT molecular complexity index is 719. The van der Waals surface area contributed by atoms with Crippen LogP contribution in [0.4, 0.5) is 5.82 Å². The number of H-pyrrole nitrogens is 1. The fraction of sp³-hybridized carbons (Fsp3) is 0.500. The van der Waals surface area contributed by atoms with E-state index in [0.29, 0.717) is 31.4 Å². The van der Waals surface area contributed by atoms with Crippen LogP contribution in [-0.4, -0.2) is 51.8 Å². The molecule has 2 aromatic heterocycles. The van der Waals surface area contributed by atoms with Gasteiger partial charge in [0, 0.05) is 30.0 Å². The van der Waals surface area contributed by atoms with E-state index in [1.807, 2.05) is 30.9 Å². The molecule has 3 heterocycles. The van der Waals surface area contributed by atoms with Crippen molar-refractivity contribution in [2.75, 3.05) is 25.1 Å². The fourth-order valence-corrected chi connectivity index (χ4v) is 3.20. The molecule has 25 heavy (non-hydrogen) atoms. The number of aromatic nitrogens is 3. The molecule has 1 unspecified atom stereocenters. The van der Waals surface area contributed by atoms with E-state index in [1.165, 1.54) is 0 Å². The maximum Gasteiger partial charge on any atom is 0.256 e. The number of anilines is 1. The summed E-state index contributed by atoms with van der Waals surface area (Å²) in [5, 5.41) is 10.5. The van der Waals surface area contributed by atoms with E-state index in [9.17, 15) is 4.79 Å². The van der Waals surface area contributed by atoms with Crippen molar-refractivity contribution < 1.29 is 9.53 Å². The van der Waals surface area contributed by atoms with Gasteiger partial charge in [-0.05, 0) is 39.8 Å². The Kier molecular flexibility index (Phi) is 5.03. The lowest BCUT2D eigenvalue weighted by molar-refractivity contribution is -0.00303. The average molecular weight is 343 g/mol.